The van der Waals surface area contributed by atoms with Crippen LogP contribution in [0, 0.1) is 0 Å². The van der Waals surface area contributed by atoms with Crippen molar-refractivity contribution in [1.82, 2.24) is 0 Å². The lowest BCUT2D eigenvalue weighted by Crippen LogP contribution is -2.22. The van der Waals surface area contributed by atoms with Crippen molar-refractivity contribution in [2.24, 2.45) is 0 Å². The van der Waals surface area contributed by atoms with Gasteiger partial charge in [-0.3, -0.25) is 4.79 Å². The molecule has 2 aromatic rings. The molecule has 2 heterocycles. The maximum absolute atomic E-state index is 12.4. The lowest BCUT2D eigenvalue weighted by Gasteiger charge is -2.25. The maximum Gasteiger partial charge on any atom is 0.231 e. The molecule has 2 aliphatic heterocycles. The van der Waals surface area contributed by atoms with Gasteiger partial charge < -0.3 is 25.3 Å². The highest BCUT2D eigenvalue weighted by Crippen LogP contribution is 2.38. The Morgan fingerprint density at radius 3 is 2.80 bits per heavy atom. The van der Waals surface area contributed by atoms with Gasteiger partial charge in [-0.15, -0.1) is 12.4 Å². The van der Waals surface area contributed by atoms with Crippen molar-refractivity contribution >= 4 is 29.7 Å². The molecule has 3 N–H and O–H groups in total. The van der Waals surface area contributed by atoms with Gasteiger partial charge in [0.1, 0.15) is 0 Å². The molecule has 0 spiro atoms. The fourth-order valence-corrected chi connectivity index (χ4v) is 3.08. The molecule has 0 saturated heterocycles. The highest BCUT2D eigenvalue weighted by Gasteiger charge is 2.24. The van der Waals surface area contributed by atoms with Crippen LogP contribution in [0.2, 0.25) is 0 Å². The van der Waals surface area contributed by atoms with Gasteiger partial charge in [-0.25, -0.2) is 0 Å². The molecule has 4 rings (SSSR count). The number of nitrogens with two attached hydrogens (primary N) is 1. The van der Waals surface area contributed by atoms with Crippen LogP contribution < -0.4 is 20.5 Å². The van der Waals surface area contributed by atoms with E-state index in [4.69, 9.17) is 19.9 Å². The van der Waals surface area contributed by atoms with E-state index in [2.05, 4.69) is 11.4 Å². The zero-order valence-corrected chi connectivity index (χ0v) is 14.3. The van der Waals surface area contributed by atoms with Crippen molar-refractivity contribution in [3.63, 3.8) is 0 Å². The number of fused-ring (bicyclic) bond motifs is 2. The van der Waals surface area contributed by atoms with E-state index in [9.17, 15) is 4.79 Å². The minimum Gasteiger partial charge on any atom is -0.454 e. The van der Waals surface area contributed by atoms with E-state index in [0.717, 1.165) is 12.0 Å². The van der Waals surface area contributed by atoms with Crippen molar-refractivity contribution in [1.29, 1.82) is 0 Å². The zero-order chi connectivity index (χ0) is 16.5. The summed E-state index contributed by atoms with van der Waals surface area (Å²) in [5.74, 6) is 1.02. The third kappa shape index (κ3) is 3.50. The van der Waals surface area contributed by atoms with Gasteiger partial charge in [-0.2, -0.15) is 0 Å². The minimum absolute atomic E-state index is 0. The van der Waals surface area contributed by atoms with Gasteiger partial charge in [-0.1, -0.05) is 24.3 Å². The molecule has 2 aromatic carbocycles. The van der Waals surface area contributed by atoms with Gasteiger partial charge in [0, 0.05) is 12.1 Å². The number of ether oxygens (including phenoxy) is 3. The Balaban J connectivity index is 0.00000182. The van der Waals surface area contributed by atoms with E-state index in [0.29, 0.717) is 29.5 Å². The molecular weight excluding hydrogens is 344 g/mol. The maximum atomic E-state index is 12.4. The summed E-state index contributed by atoms with van der Waals surface area (Å²) < 4.78 is 16.4. The zero-order valence-electron chi connectivity index (χ0n) is 13.5. The first-order valence-electron chi connectivity index (χ1n) is 7.89. The SMILES string of the molecule is Cl.Nc1cc2c(cc1NC(=O)CC1OCCc3ccccc31)OCO2. The van der Waals surface area contributed by atoms with Crippen LogP contribution >= 0.6 is 12.4 Å². The summed E-state index contributed by atoms with van der Waals surface area (Å²) in [4.78, 5) is 12.4. The Kier molecular flexibility index (Phi) is 5.01. The summed E-state index contributed by atoms with van der Waals surface area (Å²) in [6.45, 7) is 0.792. The van der Waals surface area contributed by atoms with E-state index in [1.807, 2.05) is 18.2 Å². The molecule has 1 unspecified atom stereocenters. The molecule has 0 aromatic heterocycles. The summed E-state index contributed by atoms with van der Waals surface area (Å²) in [5.41, 5.74) is 9.25. The molecule has 1 amide bonds. The molecule has 1 atom stereocenters. The van der Waals surface area contributed by atoms with Crippen LogP contribution in [0.25, 0.3) is 0 Å². The second-order valence-electron chi connectivity index (χ2n) is 5.85. The molecular formula is C18H19ClN2O4. The fourth-order valence-electron chi connectivity index (χ4n) is 3.08. The van der Waals surface area contributed by atoms with E-state index >= 15 is 0 Å². The third-order valence-electron chi connectivity index (χ3n) is 4.28. The second-order valence-corrected chi connectivity index (χ2v) is 5.85. The van der Waals surface area contributed by atoms with Crippen molar-refractivity contribution < 1.29 is 19.0 Å². The highest BCUT2D eigenvalue weighted by molar-refractivity contribution is 5.95. The second kappa shape index (κ2) is 7.21. The van der Waals surface area contributed by atoms with E-state index in [1.165, 1.54) is 5.56 Å². The Bertz CT molecular complexity index is 797. The number of carbonyl (C=O) groups excluding carboxylic acids is 1. The van der Waals surface area contributed by atoms with Gasteiger partial charge in [0.05, 0.1) is 30.5 Å². The van der Waals surface area contributed by atoms with Crippen molar-refractivity contribution in [3.8, 4) is 11.5 Å². The number of nitrogens with one attached hydrogen (secondary N) is 1. The standard InChI is InChI=1S/C18H18N2O4.ClH/c19-13-7-16-17(24-10-23-16)8-14(13)20-18(21)9-15-12-4-2-1-3-11(12)5-6-22-15;/h1-4,7-8,15H,5-6,9-10,19H2,(H,20,21);1H. The summed E-state index contributed by atoms with van der Waals surface area (Å²) in [7, 11) is 0. The van der Waals surface area contributed by atoms with Gasteiger partial charge in [0.25, 0.3) is 0 Å². The Hall–Kier alpha value is -2.44. The molecule has 0 bridgehead atoms. The van der Waals surface area contributed by atoms with Crippen LogP contribution in [0.3, 0.4) is 0 Å². The van der Waals surface area contributed by atoms with Crippen LogP contribution in [-0.2, 0) is 16.0 Å². The van der Waals surface area contributed by atoms with Gasteiger partial charge >= 0.3 is 0 Å². The largest absolute Gasteiger partial charge is 0.454 e. The summed E-state index contributed by atoms with van der Waals surface area (Å²) >= 11 is 0. The van der Waals surface area contributed by atoms with Crippen LogP contribution in [0.5, 0.6) is 11.5 Å². The first-order valence-corrected chi connectivity index (χ1v) is 7.89. The number of halogens is 1. The molecule has 7 heteroatoms. The van der Waals surface area contributed by atoms with Crippen LogP contribution in [0.4, 0.5) is 11.4 Å². The molecule has 2 aliphatic rings. The van der Waals surface area contributed by atoms with Gasteiger partial charge in [0.2, 0.25) is 12.7 Å². The predicted molar refractivity (Wildman–Crippen MR) is 96.3 cm³/mol. The predicted octanol–water partition coefficient (Wildman–Crippen LogP) is 3.06. The first kappa shape index (κ1) is 17.4. The monoisotopic (exact) mass is 362 g/mol. The quantitative estimate of drug-likeness (QED) is 0.820. The number of nitrogen functional groups attached to an aromatic ring is 1. The summed E-state index contributed by atoms with van der Waals surface area (Å²) in [6, 6.07) is 11.4. The van der Waals surface area contributed by atoms with Gasteiger partial charge in [0.15, 0.2) is 11.5 Å². The molecule has 132 valence electrons. The van der Waals surface area contributed by atoms with Crippen molar-refractivity contribution in [3.05, 3.63) is 47.5 Å². The lowest BCUT2D eigenvalue weighted by molar-refractivity contribution is -0.119. The molecule has 0 radical (unpaired) electrons. The fraction of sp³-hybridized carbons (Fsp3) is 0.278. The van der Waals surface area contributed by atoms with Crippen LogP contribution in [-0.4, -0.2) is 19.3 Å². The van der Waals surface area contributed by atoms with E-state index < -0.39 is 0 Å². The number of rotatable bonds is 3. The lowest BCUT2D eigenvalue weighted by atomic mass is 9.95. The topological polar surface area (TPSA) is 82.8 Å². The summed E-state index contributed by atoms with van der Waals surface area (Å²) in [5, 5.41) is 2.84. The first-order chi connectivity index (χ1) is 11.7. The summed E-state index contributed by atoms with van der Waals surface area (Å²) in [6.07, 6.45) is 0.888. The molecule has 0 fully saturated rings. The van der Waals surface area contributed by atoms with Crippen LogP contribution in [0.15, 0.2) is 36.4 Å². The van der Waals surface area contributed by atoms with E-state index in [-0.39, 0.29) is 37.6 Å². The molecule has 0 saturated carbocycles. The molecule has 0 aliphatic carbocycles. The van der Waals surface area contributed by atoms with Crippen molar-refractivity contribution in [2.45, 2.75) is 18.9 Å². The number of amides is 1. The average molecular weight is 363 g/mol. The Labute approximate surface area is 151 Å². The number of hydrogen-bond donors (Lipinski definition) is 2. The van der Waals surface area contributed by atoms with Gasteiger partial charge in [-0.05, 0) is 17.5 Å². The minimum atomic E-state index is -0.231. The Morgan fingerprint density at radius 1 is 1.20 bits per heavy atom. The smallest absolute Gasteiger partial charge is 0.231 e. The Morgan fingerprint density at radius 2 is 1.96 bits per heavy atom. The highest BCUT2D eigenvalue weighted by atomic mass is 35.5. The number of hydrogen-bond acceptors (Lipinski definition) is 5. The third-order valence-corrected chi connectivity index (χ3v) is 4.28. The average Bonchev–Trinajstić information content (AvgIpc) is 3.02. The normalized spacial score (nSPS) is 17.4. The molecule has 25 heavy (non-hydrogen) atoms. The van der Waals surface area contributed by atoms with Crippen molar-refractivity contribution in [2.75, 3.05) is 24.5 Å². The number of anilines is 2. The van der Waals surface area contributed by atoms with E-state index in [1.54, 1.807) is 12.1 Å². The van der Waals surface area contributed by atoms with Crippen LogP contribution in [0.1, 0.15) is 23.7 Å². The number of carbonyl (C=O) groups is 1. The number of benzene rings is 2. The molecule has 6 nitrogen and oxygen atoms in total.